The highest BCUT2D eigenvalue weighted by atomic mass is 79.9. The Morgan fingerprint density at radius 3 is 3.11 bits per heavy atom. The van der Waals surface area contributed by atoms with E-state index in [0.717, 1.165) is 24.8 Å². The van der Waals surface area contributed by atoms with Gasteiger partial charge in [-0.15, -0.1) is 0 Å². The number of amidine groups is 1. The molecule has 0 atom stereocenters. The zero-order valence-corrected chi connectivity index (χ0v) is 6.95. The van der Waals surface area contributed by atoms with E-state index in [0.29, 0.717) is 0 Å². The van der Waals surface area contributed by atoms with E-state index in [1.807, 2.05) is 0 Å². The molecule has 3 heteroatoms. The first-order chi connectivity index (χ1) is 4.43. The summed E-state index contributed by atoms with van der Waals surface area (Å²) >= 11 is 3.37. The van der Waals surface area contributed by atoms with Crippen LogP contribution in [0.5, 0.6) is 0 Å². The molecule has 0 radical (unpaired) electrons. The highest BCUT2D eigenvalue weighted by Gasteiger charge is 2.02. The van der Waals surface area contributed by atoms with Crippen LogP contribution in [0.2, 0.25) is 0 Å². The Balaban J connectivity index is 2.11. The molecule has 0 bridgehead atoms. The maximum absolute atomic E-state index is 4.26. The lowest BCUT2D eigenvalue weighted by Crippen LogP contribution is -2.18. The van der Waals surface area contributed by atoms with Crippen LogP contribution in [-0.2, 0) is 0 Å². The lowest BCUT2D eigenvalue weighted by atomic mass is 10.3. The van der Waals surface area contributed by atoms with Crippen LogP contribution in [-0.4, -0.2) is 24.3 Å². The monoisotopic (exact) mass is 190 g/mol. The number of nitrogens with one attached hydrogen (secondary N) is 1. The molecule has 52 valence electrons. The molecular formula is C6H11BrN2. The van der Waals surface area contributed by atoms with E-state index in [4.69, 9.17) is 0 Å². The first kappa shape index (κ1) is 7.06. The fourth-order valence-electron chi connectivity index (χ4n) is 0.849. The van der Waals surface area contributed by atoms with Crippen LogP contribution in [0.1, 0.15) is 12.8 Å². The molecule has 0 saturated carbocycles. The van der Waals surface area contributed by atoms with Gasteiger partial charge >= 0.3 is 0 Å². The second-order valence-electron chi connectivity index (χ2n) is 2.05. The zero-order chi connectivity index (χ0) is 6.53. The lowest BCUT2D eigenvalue weighted by molar-refractivity contribution is 0.928. The summed E-state index contributed by atoms with van der Waals surface area (Å²) in [4.78, 5) is 4.26. The normalized spacial score (nSPS) is 17.2. The largest absolute Gasteiger partial charge is 0.372 e. The predicted octanol–water partition coefficient (Wildman–Crippen LogP) is 1.16. The molecule has 0 saturated heterocycles. The molecule has 1 aliphatic rings. The Bertz CT molecular complexity index is 112. The summed E-state index contributed by atoms with van der Waals surface area (Å²) in [5.41, 5.74) is 0. The molecule has 9 heavy (non-hydrogen) atoms. The van der Waals surface area contributed by atoms with Crippen LogP contribution in [0.4, 0.5) is 0 Å². The van der Waals surface area contributed by atoms with Gasteiger partial charge in [0.2, 0.25) is 0 Å². The molecule has 0 aromatic carbocycles. The molecule has 0 unspecified atom stereocenters. The van der Waals surface area contributed by atoms with Crippen molar-refractivity contribution in [3.8, 4) is 0 Å². The summed E-state index contributed by atoms with van der Waals surface area (Å²) in [6.07, 6.45) is 2.29. The topological polar surface area (TPSA) is 24.4 Å². The van der Waals surface area contributed by atoms with Gasteiger partial charge in [-0.25, -0.2) is 0 Å². The Kier molecular flexibility index (Phi) is 3.04. The molecule has 0 aromatic heterocycles. The third kappa shape index (κ3) is 2.35. The summed E-state index contributed by atoms with van der Waals surface area (Å²) in [6, 6.07) is 0. The number of nitrogens with zero attached hydrogens (tertiary/aromatic N) is 1. The van der Waals surface area contributed by atoms with Crippen molar-refractivity contribution in [2.24, 2.45) is 4.99 Å². The summed E-state index contributed by atoms with van der Waals surface area (Å²) in [6.45, 7) is 2.01. The van der Waals surface area contributed by atoms with Crippen LogP contribution in [0.15, 0.2) is 4.99 Å². The van der Waals surface area contributed by atoms with E-state index in [1.165, 1.54) is 12.3 Å². The van der Waals surface area contributed by atoms with Crippen molar-refractivity contribution < 1.29 is 0 Å². The van der Waals surface area contributed by atoms with Gasteiger partial charge in [-0.2, -0.15) is 0 Å². The van der Waals surface area contributed by atoms with E-state index in [-0.39, 0.29) is 0 Å². The number of rotatable bonds is 3. The van der Waals surface area contributed by atoms with Gasteiger partial charge in [-0.1, -0.05) is 15.9 Å². The lowest BCUT2D eigenvalue weighted by Gasteiger charge is -1.97. The Labute approximate surface area is 63.9 Å². The van der Waals surface area contributed by atoms with Crippen LogP contribution < -0.4 is 5.32 Å². The zero-order valence-electron chi connectivity index (χ0n) is 5.36. The molecule has 1 heterocycles. The van der Waals surface area contributed by atoms with Gasteiger partial charge in [0.1, 0.15) is 0 Å². The van der Waals surface area contributed by atoms with Gasteiger partial charge in [0.15, 0.2) is 0 Å². The standard InChI is InChI=1S/C6H11BrN2/c7-3-1-2-6-8-4-5-9-6/h1-5H2,(H,8,9). The summed E-state index contributed by atoms with van der Waals surface area (Å²) in [7, 11) is 0. The van der Waals surface area contributed by atoms with Gasteiger partial charge in [0.25, 0.3) is 0 Å². The van der Waals surface area contributed by atoms with E-state index < -0.39 is 0 Å². The van der Waals surface area contributed by atoms with Crippen molar-refractivity contribution in [2.75, 3.05) is 18.4 Å². The van der Waals surface area contributed by atoms with Gasteiger partial charge in [-0.05, 0) is 6.42 Å². The molecule has 2 nitrogen and oxygen atoms in total. The van der Waals surface area contributed by atoms with Crippen LogP contribution in [0.25, 0.3) is 0 Å². The highest BCUT2D eigenvalue weighted by molar-refractivity contribution is 9.09. The van der Waals surface area contributed by atoms with Crippen LogP contribution >= 0.6 is 15.9 Å². The Morgan fingerprint density at radius 1 is 1.67 bits per heavy atom. The minimum absolute atomic E-state index is 0.970. The van der Waals surface area contributed by atoms with Crippen LogP contribution in [0, 0.1) is 0 Å². The molecule has 0 fully saturated rings. The third-order valence-electron chi connectivity index (χ3n) is 1.29. The summed E-state index contributed by atoms with van der Waals surface area (Å²) in [5, 5.41) is 4.30. The van der Waals surface area contributed by atoms with Gasteiger partial charge < -0.3 is 5.32 Å². The first-order valence-electron chi connectivity index (χ1n) is 3.26. The molecule has 1 N–H and O–H groups in total. The van der Waals surface area contributed by atoms with E-state index in [9.17, 15) is 0 Å². The highest BCUT2D eigenvalue weighted by Crippen LogP contribution is 1.97. The molecule has 1 aliphatic heterocycles. The Morgan fingerprint density at radius 2 is 2.56 bits per heavy atom. The SMILES string of the molecule is BrCCCC1=NCCN1. The maximum Gasteiger partial charge on any atom is 0.0964 e. The number of halogens is 1. The maximum atomic E-state index is 4.26. The quantitative estimate of drug-likeness (QED) is 0.665. The van der Waals surface area contributed by atoms with Crippen molar-refractivity contribution in [3.63, 3.8) is 0 Å². The molecule has 0 aromatic rings. The van der Waals surface area contributed by atoms with Crippen LogP contribution in [0.3, 0.4) is 0 Å². The van der Waals surface area contributed by atoms with Crippen molar-refractivity contribution in [1.29, 1.82) is 0 Å². The smallest absolute Gasteiger partial charge is 0.0964 e. The Hall–Kier alpha value is -0.0500. The molecular weight excluding hydrogens is 180 g/mol. The first-order valence-corrected chi connectivity index (χ1v) is 4.39. The average Bonchev–Trinajstić information content (AvgIpc) is 2.34. The van der Waals surface area contributed by atoms with Crippen molar-refractivity contribution in [1.82, 2.24) is 5.32 Å². The van der Waals surface area contributed by atoms with Crippen molar-refractivity contribution in [3.05, 3.63) is 0 Å². The fraction of sp³-hybridized carbons (Fsp3) is 0.833. The van der Waals surface area contributed by atoms with E-state index in [1.54, 1.807) is 0 Å². The minimum atomic E-state index is 0.970. The predicted molar refractivity (Wildman–Crippen MR) is 43.3 cm³/mol. The third-order valence-corrected chi connectivity index (χ3v) is 1.85. The van der Waals surface area contributed by atoms with E-state index >= 15 is 0 Å². The van der Waals surface area contributed by atoms with Gasteiger partial charge in [-0.3, -0.25) is 4.99 Å². The van der Waals surface area contributed by atoms with Gasteiger partial charge in [0.05, 0.1) is 12.4 Å². The average molecular weight is 191 g/mol. The van der Waals surface area contributed by atoms with E-state index in [2.05, 4.69) is 26.2 Å². The number of alkyl halides is 1. The number of aliphatic imine (C=N–C) groups is 1. The number of hydrogen-bond donors (Lipinski definition) is 1. The van der Waals surface area contributed by atoms with Gasteiger partial charge in [0, 0.05) is 18.3 Å². The molecule has 0 amide bonds. The fourth-order valence-corrected chi connectivity index (χ4v) is 1.13. The second-order valence-corrected chi connectivity index (χ2v) is 2.84. The summed E-state index contributed by atoms with van der Waals surface area (Å²) in [5.74, 6) is 1.19. The minimum Gasteiger partial charge on any atom is -0.372 e. The molecule has 0 spiro atoms. The van der Waals surface area contributed by atoms with Crippen molar-refractivity contribution in [2.45, 2.75) is 12.8 Å². The molecule has 0 aliphatic carbocycles. The molecule has 1 rings (SSSR count). The second kappa shape index (κ2) is 3.88. The van der Waals surface area contributed by atoms with Crippen molar-refractivity contribution >= 4 is 21.8 Å². The summed E-state index contributed by atoms with van der Waals surface area (Å²) < 4.78 is 0. The number of hydrogen-bond acceptors (Lipinski definition) is 2.